The molecule has 0 unspecified atom stereocenters. The van der Waals surface area contributed by atoms with Crippen LogP contribution in [-0.2, 0) is 19.5 Å². The van der Waals surface area contributed by atoms with Crippen LogP contribution in [0.1, 0.15) is 21.6 Å². The maximum atomic E-state index is 9.38. The van der Waals surface area contributed by atoms with Crippen LogP contribution in [0.2, 0.25) is 5.02 Å². The van der Waals surface area contributed by atoms with E-state index in [0.29, 0.717) is 6.54 Å². The molecule has 2 aromatic rings. The van der Waals surface area contributed by atoms with Crippen molar-refractivity contribution in [1.82, 2.24) is 5.32 Å². The van der Waals surface area contributed by atoms with Crippen LogP contribution in [-0.4, -0.2) is 6.54 Å². The number of thiophene rings is 1. The minimum absolute atomic E-state index is 0.707. The molecule has 0 amide bonds. The third kappa shape index (κ3) is 2.66. The van der Waals surface area contributed by atoms with Crippen molar-refractivity contribution in [2.24, 2.45) is 0 Å². The van der Waals surface area contributed by atoms with Crippen molar-refractivity contribution >= 4 is 27.9 Å². The van der Waals surface area contributed by atoms with Crippen LogP contribution in [0.3, 0.4) is 0 Å². The first kappa shape index (κ1) is 13.4. The van der Waals surface area contributed by atoms with Gasteiger partial charge in [0.2, 0.25) is 0 Å². The summed E-state index contributed by atoms with van der Waals surface area (Å²) in [5, 5.41) is 17.8. The lowest BCUT2D eigenvalue weighted by Crippen LogP contribution is -2.22. The molecular formula is C15H14ClN3S. The molecule has 5 heteroatoms. The van der Waals surface area contributed by atoms with Gasteiger partial charge in [0.25, 0.3) is 0 Å². The maximum Gasteiger partial charge on any atom is 0.107 e. The van der Waals surface area contributed by atoms with Crippen molar-refractivity contribution in [2.75, 3.05) is 11.9 Å². The molecule has 1 aliphatic heterocycles. The molecule has 20 heavy (non-hydrogen) atoms. The highest BCUT2D eigenvalue weighted by atomic mass is 35.5. The molecule has 0 aliphatic carbocycles. The summed E-state index contributed by atoms with van der Waals surface area (Å²) < 4.78 is 0. The summed E-state index contributed by atoms with van der Waals surface area (Å²) in [5.41, 5.74) is 3.19. The smallest absolute Gasteiger partial charge is 0.107 e. The summed E-state index contributed by atoms with van der Waals surface area (Å²) in [6.45, 7) is 2.53. The topological polar surface area (TPSA) is 47.9 Å². The number of halogens is 1. The third-order valence-electron chi connectivity index (χ3n) is 3.41. The lowest BCUT2D eigenvalue weighted by molar-refractivity contribution is 0.654. The number of nitrogens with zero attached hydrogens (tertiary/aromatic N) is 1. The highest BCUT2D eigenvalue weighted by Gasteiger charge is 2.20. The first-order chi connectivity index (χ1) is 9.78. The fourth-order valence-corrected chi connectivity index (χ4v) is 3.65. The summed E-state index contributed by atoms with van der Waals surface area (Å²) in [4.78, 5) is 1.28. The van der Waals surface area contributed by atoms with Crippen LogP contribution in [0.15, 0.2) is 24.3 Å². The standard InChI is InChI=1S/C15H14ClN3S/c16-11-3-1-10(2-4-11)8-19-15-13(7-17)12-5-6-18-9-14(12)20-15/h1-4,18-19H,5-6,8-9H2. The van der Waals surface area contributed by atoms with E-state index in [4.69, 9.17) is 11.6 Å². The van der Waals surface area contributed by atoms with Crippen molar-refractivity contribution in [2.45, 2.75) is 19.5 Å². The Balaban J connectivity index is 1.79. The van der Waals surface area contributed by atoms with E-state index in [1.165, 1.54) is 10.4 Å². The van der Waals surface area contributed by atoms with Gasteiger partial charge in [-0.1, -0.05) is 23.7 Å². The lowest BCUT2D eigenvalue weighted by Gasteiger charge is -2.11. The van der Waals surface area contributed by atoms with Gasteiger partial charge in [-0.3, -0.25) is 0 Å². The highest BCUT2D eigenvalue weighted by Crippen LogP contribution is 2.35. The fourth-order valence-electron chi connectivity index (χ4n) is 2.36. The summed E-state index contributed by atoms with van der Waals surface area (Å²) in [5.74, 6) is 0. The molecule has 3 rings (SSSR count). The van der Waals surface area contributed by atoms with Gasteiger partial charge < -0.3 is 10.6 Å². The summed E-state index contributed by atoms with van der Waals surface area (Å²) in [7, 11) is 0. The largest absolute Gasteiger partial charge is 0.372 e. The molecule has 2 N–H and O–H groups in total. The van der Waals surface area contributed by atoms with Crippen LogP contribution >= 0.6 is 22.9 Å². The number of nitriles is 1. The highest BCUT2D eigenvalue weighted by molar-refractivity contribution is 7.16. The lowest BCUT2D eigenvalue weighted by atomic mass is 10.1. The zero-order chi connectivity index (χ0) is 13.9. The van der Waals surface area contributed by atoms with E-state index in [0.717, 1.165) is 40.7 Å². The van der Waals surface area contributed by atoms with E-state index in [9.17, 15) is 5.26 Å². The average Bonchev–Trinajstić information content (AvgIpc) is 2.84. The predicted octanol–water partition coefficient (Wildman–Crippen LogP) is 3.53. The minimum atomic E-state index is 0.707. The molecule has 1 aromatic carbocycles. The molecule has 0 spiro atoms. The van der Waals surface area contributed by atoms with Gasteiger partial charge >= 0.3 is 0 Å². The maximum absolute atomic E-state index is 9.38. The van der Waals surface area contributed by atoms with E-state index in [-0.39, 0.29) is 0 Å². The van der Waals surface area contributed by atoms with Crippen molar-refractivity contribution in [3.05, 3.63) is 50.9 Å². The van der Waals surface area contributed by atoms with E-state index in [1.54, 1.807) is 11.3 Å². The normalized spacial score (nSPS) is 13.6. The molecule has 3 nitrogen and oxygen atoms in total. The summed E-state index contributed by atoms with van der Waals surface area (Å²) in [6.07, 6.45) is 0.942. The van der Waals surface area contributed by atoms with Gasteiger partial charge in [-0.25, -0.2) is 0 Å². The minimum Gasteiger partial charge on any atom is -0.372 e. The number of anilines is 1. The third-order valence-corrected chi connectivity index (χ3v) is 4.85. The summed E-state index contributed by atoms with van der Waals surface area (Å²) in [6, 6.07) is 10.1. The van der Waals surface area contributed by atoms with Crippen molar-refractivity contribution < 1.29 is 0 Å². The Morgan fingerprint density at radius 1 is 1.35 bits per heavy atom. The molecule has 0 radical (unpaired) electrons. The van der Waals surface area contributed by atoms with Crippen LogP contribution in [0, 0.1) is 11.3 Å². The van der Waals surface area contributed by atoms with E-state index in [2.05, 4.69) is 16.7 Å². The molecule has 1 aliphatic rings. The summed E-state index contributed by atoms with van der Waals surface area (Å²) >= 11 is 7.56. The Morgan fingerprint density at radius 2 is 2.15 bits per heavy atom. The molecule has 102 valence electrons. The number of benzene rings is 1. The molecule has 0 saturated carbocycles. The second-order valence-electron chi connectivity index (χ2n) is 4.73. The van der Waals surface area contributed by atoms with Crippen molar-refractivity contribution in [3.63, 3.8) is 0 Å². The molecule has 1 aromatic heterocycles. The Kier molecular flexibility index (Phi) is 3.93. The zero-order valence-electron chi connectivity index (χ0n) is 10.9. The monoisotopic (exact) mass is 303 g/mol. The number of rotatable bonds is 3. The van der Waals surface area contributed by atoms with E-state index < -0.39 is 0 Å². The quantitative estimate of drug-likeness (QED) is 0.912. The van der Waals surface area contributed by atoms with Gasteiger partial charge in [0.1, 0.15) is 11.1 Å². The fraction of sp³-hybridized carbons (Fsp3) is 0.267. The number of hydrogen-bond donors (Lipinski definition) is 2. The Hall–Kier alpha value is -1.54. The van der Waals surface area contributed by atoms with Gasteiger partial charge in [0.05, 0.1) is 5.56 Å². The van der Waals surface area contributed by atoms with Gasteiger partial charge in [-0.2, -0.15) is 5.26 Å². The Morgan fingerprint density at radius 3 is 2.90 bits per heavy atom. The second kappa shape index (κ2) is 5.84. The molecule has 2 heterocycles. The van der Waals surface area contributed by atoms with E-state index >= 15 is 0 Å². The van der Waals surface area contributed by atoms with Crippen molar-refractivity contribution in [3.8, 4) is 6.07 Å². The van der Waals surface area contributed by atoms with Crippen LogP contribution < -0.4 is 10.6 Å². The van der Waals surface area contributed by atoms with Crippen LogP contribution in [0.5, 0.6) is 0 Å². The molecule has 0 bridgehead atoms. The predicted molar refractivity (Wildman–Crippen MR) is 83.2 cm³/mol. The Bertz CT molecular complexity index is 655. The molecule has 0 saturated heterocycles. The average molecular weight is 304 g/mol. The zero-order valence-corrected chi connectivity index (χ0v) is 12.4. The van der Waals surface area contributed by atoms with Crippen molar-refractivity contribution in [1.29, 1.82) is 5.26 Å². The van der Waals surface area contributed by atoms with Gasteiger partial charge in [0, 0.05) is 23.0 Å². The molecule has 0 atom stereocenters. The molecule has 0 fully saturated rings. The second-order valence-corrected chi connectivity index (χ2v) is 6.27. The van der Waals surface area contributed by atoms with Crippen LogP contribution in [0.25, 0.3) is 0 Å². The number of hydrogen-bond acceptors (Lipinski definition) is 4. The van der Waals surface area contributed by atoms with Gasteiger partial charge in [-0.05, 0) is 36.2 Å². The van der Waals surface area contributed by atoms with Gasteiger partial charge in [-0.15, -0.1) is 11.3 Å². The first-order valence-electron chi connectivity index (χ1n) is 6.51. The van der Waals surface area contributed by atoms with Gasteiger partial charge in [0.15, 0.2) is 0 Å². The van der Waals surface area contributed by atoms with E-state index in [1.807, 2.05) is 24.3 Å². The molecular weight excluding hydrogens is 290 g/mol. The Labute approximate surface area is 127 Å². The first-order valence-corrected chi connectivity index (χ1v) is 7.71. The number of nitrogens with one attached hydrogen (secondary N) is 2. The SMILES string of the molecule is N#Cc1c(NCc2ccc(Cl)cc2)sc2c1CCNC2. The van der Waals surface area contributed by atoms with Crippen LogP contribution in [0.4, 0.5) is 5.00 Å². The number of fused-ring (bicyclic) bond motifs is 1.